The number of nitrogens with zero attached hydrogens (tertiary/aromatic N) is 2. The van der Waals surface area contributed by atoms with Gasteiger partial charge in [0.15, 0.2) is 6.61 Å². The van der Waals surface area contributed by atoms with Crippen LogP contribution in [0, 0.1) is 0 Å². The van der Waals surface area contributed by atoms with Gasteiger partial charge in [0.25, 0.3) is 5.91 Å². The molecule has 3 aromatic rings. The van der Waals surface area contributed by atoms with E-state index in [-0.39, 0.29) is 12.5 Å². The number of benzene rings is 2. The second kappa shape index (κ2) is 8.85. The number of hydrogen-bond donors (Lipinski definition) is 1. The first kappa shape index (κ1) is 18.5. The number of amides is 1. The fourth-order valence-electron chi connectivity index (χ4n) is 2.56. The van der Waals surface area contributed by atoms with Crippen molar-refractivity contribution in [1.29, 1.82) is 0 Å². The molecular weight excluding hydrogens is 338 g/mol. The smallest absolute Gasteiger partial charge is 0.277 e. The Morgan fingerprint density at radius 3 is 2.44 bits per heavy atom. The van der Waals surface area contributed by atoms with Gasteiger partial charge in [-0.1, -0.05) is 42.5 Å². The van der Waals surface area contributed by atoms with Crippen molar-refractivity contribution in [2.75, 3.05) is 6.61 Å². The monoisotopic (exact) mass is 361 g/mol. The van der Waals surface area contributed by atoms with E-state index in [1.807, 2.05) is 60.9 Å². The summed E-state index contributed by atoms with van der Waals surface area (Å²) in [6.45, 7) is 4.12. The second-order valence-corrected chi connectivity index (χ2v) is 6.46. The zero-order chi connectivity index (χ0) is 19.1. The molecule has 0 fully saturated rings. The van der Waals surface area contributed by atoms with E-state index in [0.29, 0.717) is 11.8 Å². The van der Waals surface area contributed by atoms with Gasteiger partial charge in [0.2, 0.25) is 0 Å². The molecule has 27 heavy (non-hydrogen) atoms. The van der Waals surface area contributed by atoms with Crippen LogP contribution in [0.5, 0.6) is 5.75 Å². The third-order valence-electron chi connectivity index (χ3n) is 4.07. The lowest BCUT2D eigenvalue weighted by molar-refractivity contribution is -0.123. The predicted molar refractivity (Wildman–Crippen MR) is 108 cm³/mol. The Morgan fingerprint density at radius 1 is 1.07 bits per heavy atom. The van der Waals surface area contributed by atoms with Crippen molar-refractivity contribution >= 4 is 12.1 Å². The van der Waals surface area contributed by atoms with Crippen LogP contribution in [0.2, 0.25) is 0 Å². The van der Waals surface area contributed by atoms with Crippen molar-refractivity contribution in [3.05, 3.63) is 78.6 Å². The Morgan fingerprint density at radius 2 is 1.78 bits per heavy atom. The Hall–Kier alpha value is -3.34. The molecule has 0 radical (unpaired) electrons. The van der Waals surface area contributed by atoms with Crippen LogP contribution in [0.1, 0.15) is 25.5 Å². The van der Waals surface area contributed by atoms with Crippen molar-refractivity contribution in [3.63, 3.8) is 0 Å². The molecule has 1 N–H and O–H groups in total. The van der Waals surface area contributed by atoms with Gasteiger partial charge in [-0.15, -0.1) is 0 Å². The van der Waals surface area contributed by atoms with Gasteiger partial charge >= 0.3 is 0 Å². The van der Waals surface area contributed by atoms with Crippen LogP contribution >= 0.6 is 0 Å². The summed E-state index contributed by atoms with van der Waals surface area (Å²) in [6, 6.07) is 20.1. The minimum atomic E-state index is -0.304. The first-order chi connectivity index (χ1) is 13.1. The van der Waals surface area contributed by atoms with E-state index < -0.39 is 0 Å². The predicted octanol–water partition coefficient (Wildman–Crippen LogP) is 4.27. The number of hydrogen-bond acceptors (Lipinski definition) is 3. The Labute approximate surface area is 159 Å². The van der Waals surface area contributed by atoms with E-state index in [1.165, 1.54) is 0 Å². The van der Waals surface area contributed by atoms with Gasteiger partial charge in [-0.2, -0.15) is 5.10 Å². The molecule has 0 unspecified atom stereocenters. The largest absolute Gasteiger partial charge is 0.484 e. The van der Waals surface area contributed by atoms with Crippen molar-refractivity contribution in [1.82, 2.24) is 9.99 Å². The van der Waals surface area contributed by atoms with Gasteiger partial charge in [-0.05, 0) is 43.2 Å². The summed E-state index contributed by atoms with van der Waals surface area (Å²) >= 11 is 0. The average molecular weight is 361 g/mol. The topological polar surface area (TPSA) is 55.6 Å². The molecule has 2 aromatic carbocycles. The standard InChI is InChI=1S/C22H23N3O2/c1-17(2)25-13-12-18(15-25)14-23-24-22(26)16-27-21-10-8-20(9-11-21)19-6-4-3-5-7-19/h3-15,17H,16H2,1-2H3,(H,24,26)/b23-14+. The molecule has 1 heterocycles. The number of nitrogens with one attached hydrogen (secondary N) is 1. The number of carbonyl (C=O) groups is 1. The fourth-order valence-corrected chi connectivity index (χ4v) is 2.56. The lowest BCUT2D eigenvalue weighted by Crippen LogP contribution is -2.24. The van der Waals surface area contributed by atoms with Crippen molar-refractivity contribution in [2.24, 2.45) is 5.10 Å². The zero-order valence-corrected chi connectivity index (χ0v) is 15.5. The quantitative estimate of drug-likeness (QED) is 0.505. The van der Waals surface area contributed by atoms with Crippen LogP contribution in [0.15, 0.2) is 78.2 Å². The van der Waals surface area contributed by atoms with Crippen LogP contribution in [0.25, 0.3) is 11.1 Å². The van der Waals surface area contributed by atoms with E-state index in [1.54, 1.807) is 6.21 Å². The highest BCUT2D eigenvalue weighted by molar-refractivity contribution is 5.82. The van der Waals surface area contributed by atoms with Gasteiger partial charge in [0.1, 0.15) is 5.75 Å². The molecule has 138 valence electrons. The SMILES string of the molecule is CC(C)n1ccc(/C=N/NC(=O)COc2ccc(-c3ccccc3)cc2)c1. The summed E-state index contributed by atoms with van der Waals surface area (Å²) in [5.41, 5.74) is 5.65. The molecule has 0 atom stereocenters. The van der Waals surface area contributed by atoms with Crippen molar-refractivity contribution in [2.45, 2.75) is 19.9 Å². The molecule has 0 spiro atoms. The molecule has 0 saturated carbocycles. The summed E-state index contributed by atoms with van der Waals surface area (Å²) in [4.78, 5) is 11.9. The zero-order valence-electron chi connectivity index (χ0n) is 15.5. The Balaban J connectivity index is 1.46. The number of hydrazone groups is 1. The lowest BCUT2D eigenvalue weighted by atomic mass is 10.1. The highest BCUT2D eigenvalue weighted by atomic mass is 16.5. The molecule has 1 aromatic heterocycles. The van der Waals surface area contributed by atoms with Crippen LogP contribution in [-0.4, -0.2) is 23.3 Å². The van der Waals surface area contributed by atoms with E-state index in [9.17, 15) is 4.79 Å². The maximum Gasteiger partial charge on any atom is 0.277 e. The summed E-state index contributed by atoms with van der Waals surface area (Å²) in [7, 11) is 0. The Kier molecular flexibility index (Phi) is 6.05. The fraction of sp³-hybridized carbons (Fsp3) is 0.182. The molecule has 0 bridgehead atoms. The van der Waals surface area contributed by atoms with Crippen LogP contribution in [-0.2, 0) is 4.79 Å². The molecule has 3 rings (SSSR count). The van der Waals surface area contributed by atoms with E-state index in [2.05, 4.69) is 41.1 Å². The maximum atomic E-state index is 11.9. The van der Waals surface area contributed by atoms with Crippen molar-refractivity contribution in [3.8, 4) is 16.9 Å². The second-order valence-electron chi connectivity index (χ2n) is 6.46. The number of aromatic nitrogens is 1. The summed E-state index contributed by atoms with van der Waals surface area (Å²) in [5, 5.41) is 3.96. The highest BCUT2D eigenvalue weighted by Gasteiger charge is 2.03. The van der Waals surface area contributed by atoms with E-state index in [0.717, 1.165) is 16.7 Å². The summed E-state index contributed by atoms with van der Waals surface area (Å²) < 4.78 is 7.58. The first-order valence-corrected chi connectivity index (χ1v) is 8.89. The lowest BCUT2D eigenvalue weighted by Gasteiger charge is -2.06. The van der Waals surface area contributed by atoms with Gasteiger partial charge in [-0.3, -0.25) is 4.79 Å². The number of rotatable bonds is 7. The highest BCUT2D eigenvalue weighted by Crippen LogP contribution is 2.21. The van der Waals surface area contributed by atoms with Crippen molar-refractivity contribution < 1.29 is 9.53 Å². The van der Waals surface area contributed by atoms with Crippen LogP contribution in [0.4, 0.5) is 0 Å². The third kappa shape index (κ3) is 5.31. The number of ether oxygens (including phenoxy) is 1. The molecule has 5 heteroatoms. The minimum Gasteiger partial charge on any atom is -0.484 e. The Bertz CT molecular complexity index is 897. The molecule has 0 saturated heterocycles. The van der Waals surface area contributed by atoms with E-state index in [4.69, 9.17) is 4.74 Å². The van der Waals surface area contributed by atoms with Crippen LogP contribution < -0.4 is 10.2 Å². The van der Waals surface area contributed by atoms with Gasteiger partial charge in [0.05, 0.1) is 6.21 Å². The van der Waals surface area contributed by atoms with Gasteiger partial charge in [-0.25, -0.2) is 5.43 Å². The third-order valence-corrected chi connectivity index (χ3v) is 4.07. The molecule has 0 aliphatic heterocycles. The normalized spacial score (nSPS) is 11.1. The minimum absolute atomic E-state index is 0.0883. The summed E-state index contributed by atoms with van der Waals surface area (Å²) in [5.74, 6) is 0.337. The van der Waals surface area contributed by atoms with E-state index >= 15 is 0 Å². The molecule has 1 amide bonds. The van der Waals surface area contributed by atoms with Gasteiger partial charge < -0.3 is 9.30 Å². The molecule has 5 nitrogen and oxygen atoms in total. The molecule has 0 aliphatic rings. The summed E-state index contributed by atoms with van der Waals surface area (Å²) in [6.07, 6.45) is 5.58. The van der Waals surface area contributed by atoms with Crippen LogP contribution in [0.3, 0.4) is 0 Å². The molecular formula is C22H23N3O2. The maximum absolute atomic E-state index is 11.9. The first-order valence-electron chi connectivity index (χ1n) is 8.89. The average Bonchev–Trinajstić information content (AvgIpc) is 3.17. The van der Waals surface area contributed by atoms with Gasteiger partial charge in [0, 0.05) is 24.0 Å². The number of carbonyl (C=O) groups excluding carboxylic acids is 1. The molecule has 0 aliphatic carbocycles.